The predicted molar refractivity (Wildman–Crippen MR) is 42.6 cm³/mol. The van der Waals surface area contributed by atoms with Crippen LogP contribution in [-0.2, 0) is 9.53 Å². The number of carbonyl (C=O) groups is 1. The van der Waals surface area contributed by atoms with Crippen LogP contribution in [-0.4, -0.2) is 24.6 Å². The van der Waals surface area contributed by atoms with Crippen molar-refractivity contribution in [2.24, 2.45) is 0 Å². The van der Waals surface area contributed by atoms with Gasteiger partial charge < -0.3 is 4.74 Å². The molecule has 0 spiro atoms. The van der Waals surface area contributed by atoms with Gasteiger partial charge in [0.1, 0.15) is 6.61 Å². The van der Waals surface area contributed by atoms with Crippen LogP contribution in [0.5, 0.6) is 0 Å². The molecule has 0 radical (unpaired) electrons. The fourth-order valence-electron chi connectivity index (χ4n) is 0.367. The molecule has 0 unspecified atom stereocenters. The Morgan fingerprint density at radius 2 is 2.44 bits per heavy atom. The van der Waals surface area contributed by atoms with E-state index in [0.29, 0.717) is 18.3 Å². The quantitative estimate of drug-likeness (QED) is 0.457. The minimum absolute atomic E-state index is 0.394. The van der Waals surface area contributed by atoms with Crippen molar-refractivity contribution in [3.8, 4) is 0 Å². The van der Waals surface area contributed by atoms with Crippen molar-refractivity contribution in [2.45, 2.75) is 12.2 Å². The molecule has 0 saturated carbocycles. The van der Waals surface area contributed by atoms with Crippen LogP contribution in [0.3, 0.4) is 0 Å². The zero-order chi connectivity index (χ0) is 7.11. The molecule has 54 valence electrons. The molecule has 0 saturated heterocycles. The first kappa shape index (κ1) is 9.17. The van der Waals surface area contributed by atoms with Gasteiger partial charge in [-0.3, -0.25) is 4.79 Å². The maximum absolute atomic E-state index is 9.68. The van der Waals surface area contributed by atoms with Gasteiger partial charge in [-0.1, -0.05) is 21.6 Å². The molecular formula is C5H10O2S2. The van der Waals surface area contributed by atoms with E-state index in [1.54, 1.807) is 21.6 Å². The lowest BCUT2D eigenvalue weighted by Crippen LogP contribution is -2.04. The van der Waals surface area contributed by atoms with Crippen molar-refractivity contribution in [1.82, 2.24) is 0 Å². The molecule has 0 bridgehead atoms. The lowest BCUT2D eigenvalue weighted by atomic mass is 10.5. The van der Waals surface area contributed by atoms with Crippen LogP contribution in [0.15, 0.2) is 0 Å². The Balaban J connectivity index is 3.04. The third kappa shape index (κ3) is 6.05. The molecule has 9 heavy (non-hydrogen) atoms. The van der Waals surface area contributed by atoms with E-state index >= 15 is 0 Å². The molecule has 0 aliphatic carbocycles. The van der Waals surface area contributed by atoms with E-state index in [-0.39, 0.29) is 0 Å². The Morgan fingerprint density at radius 1 is 1.78 bits per heavy atom. The highest BCUT2D eigenvalue weighted by molar-refractivity contribution is 8.76. The summed E-state index contributed by atoms with van der Waals surface area (Å²) in [6.45, 7) is 3.01. The van der Waals surface area contributed by atoms with Crippen LogP contribution in [0.25, 0.3) is 0 Å². The number of hydrogen-bond acceptors (Lipinski definition) is 4. The van der Waals surface area contributed by atoms with Crippen molar-refractivity contribution in [1.29, 1.82) is 0 Å². The second kappa shape index (κ2) is 6.29. The Bertz CT molecular complexity index is 77.4. The molecule has 0 fully saturated rings. The summed E-state index contributed by atoms with van der Waals surface area (Å²) in [5, 5.41) is 0.394. The maximum atomic E-state index is 9.68. The highest BCUT2D eigenvalue weighted by Gasteiger charge is 1.99. The lowest BCUT2D eigenvalue weighted by Gasteiger charge is -2.05. The van der Waals surface area contributed by atoms with Gasteiger partial charge in [-0.05, 0) is 13.2 Å². The largest absolute Gasteiger partial charge is 0.467 e. The van der Waals surface area contributed by atoms with Gasteiger partial charge in [0.15, 0.2) is 0 Å². The summed E-state index contributed by atoms with van der Waals surface area (Å²) in [5.41, 5.74) is 0. The van der Waals surface area contributed by atoms with Gasteiger partial charge in [0.2, 0.25) is 0 Å². The molecule has 4 heteroatoms. The molecule has 2 nitrogen and oxygen atoms in total. The Morgan fingerprint density at radius 3 is 2.89 bits per heavy atom. The highest BCUT2D eigenvalue weighted by atomic mass is 33.1. The average molecular weight is 166 g/mol. The van der Waals surface area contributed by atoms with Crippen molar-refractivity contribution in [3.63, 3.8) is 0 Å². The minimum Gasteiger partial charge on any atom is -0.467 e. The monoisotopic (exact) mass is 166 g/mol. The van der Waals surface area contributed by atoms with E-state index in [0.717, 1.165) is 0 Å². The van der Waals surface area contributed by atoms with Crippen LogP contribution < -0.4 is 0 Å². The molecular weight excluding hydrogens is 156 g/mol. The second-order valence-corrected chi connectivity index (χ2v) is 4.41. The van der Waals surface area contributed by atoms with Crippen molar-refractivity contribution in [2.75, 3.05) is 12.9 Å². The van der Waals surface area contributed by atoms with E-state index in [1.165, 1.54) is 0 Å². The van der Waals surface area contributed by atoms with Gasteiger partial charge in [-0.15, -0.1) is 0 Å². The SMILES string of the molecule is CSS[C@H](C)COC=O. The van der Waals surface area contributed by atoms with Crippen LogP contribution in [0.4, 0.5) is 0 Å². The summed E-state index contributed by atoms with van der Waals surface area (Å²) in [6, 6.07) is 0. The first-order chi connectivity index (χ1) is 4.31. The molecule has 0 rings (SSSR count). The molecule has 0 N–H and O–H groups in total. The van der Waals surface area contributed by atoms with Gasteiger partial charge in [0.05, 0.1) is 0 Å². The zero-order valence-electron chi connectivity index (χ0n) is 5.49. The summed E-state index contributed by atoms with van der Waals surface area (Å²) in [4.78, 5) is 9.68. The fraction of sp³-hybridized carbons (Fsp3) is 0.800. The van der Waals surface area contributed by atoms with Crippen molar-refractivity contribution in [3.05, 3.63) is 0 Å². The first-order valence-electron chi connectivity index (χ1n) is 2.56. The second-order valence-electron chi connectivity index (χ2n) is 1.50. The molecule has 0 aromatic carbocycles. The van der Waals surface area contributed by atoms with Crippen molar-refractivity contribution < 1.29 is 9.53 Å². The van der Waals surface area contributed by atoms with Gasteiger partial charge in [0.25, 0.3) is 6.47 Å². The average Bonchev–Trinajstić information content (AvgIpc) is 1.85. The standard InChI is InChI=1S/C5H10O2S2/c1-5(9-8-2)3-7-4-6/h4-5H,3H2,1-2H3/t5-/m1/s1. The summed E-state index contributed by atoms with van der Waals surface area (Å²) in [5.74, 6) is 0. The molecule has 0 aromatic rings. The molecule has 1 atom stereocenters. The third-order valence-electron chi connectivity index (χ3n) is 0.659. The minimum atomic E-state index is 0.394. The molecule has 0 aliphatic rings. The number of hydrogen-bond donors (Lipinski definition) is 0. The summed E-state index contributed by atoms with van der Waals surface area (Å²) in [6.07, 6.45) is 2.00. The number of ether oxygens (including phenoxy) is 1. The molecule has 0 aliphatic heterocycles. The van der Waals surface area contributed by atoms with E-state index in [1.807, 2.05) is 13.2 Å². The highest BCUT2D eigenvalue weighted by Crippen LogP contribution is 2.22. The Kier molecular flexibility index (Phi) is 6.41. The summed E-state index contributed by atoms with van der Waals surface area (Å²) < 4.78 is 4.53. The molecule has 0 aromatic heterocycles. The predicted octanol–water partition coefficient (Wildman–Crippen LogP) is 1.56. The Hall–Kier alpha value is 0.170. The van der Waals surface area contributed by atoms with Crippen LogP contribution >= 0.6 is 21.6 Å². The fourth-order valence-corrected chi connectivity index (χ4v) is 1.98. The van der Waals surface area contributed by atoms with Crippen molar-refractivity contribution >= 4 is 28.1 Å². The van der Waals surface area contributed by atoms with E-state index in [9.17, 15) is 4.79 Å². The normalized spacial score (nSPS) is 12.7. The Labute approximate surface area is 63.1 Å². The van der Waals surface area contributed by atoms with Crippen LogP contribution in [0.2, 0.25) is 0 Å². The lowest BCUT2D eigenvalue weighted by molar-refractivity contribution is -0.128. The van der Waals surface area contributed by atoms with Gasteiger partial charge in [-0.25, -0.2) is 0 Å². The van der Waals surface area contributed by atoms with Crippen LogP contribution in [0.1, 0.15) is 6.92 Å². The maximum Gasteiger partial charge on any atom is 0.293 e. The smallest absolute Gasteiger partial charge is 0.293 e. The van der Waals surface area contributed by atoms with E-state index < -0.39 is 0 Å². The summed E-state index contributed by atoms with van der Waals surface area (Å²) in [7, 11) is 3.38. The molecule has 0 heterocycles. The van der Waals surface area contributed by atoms with Gasteiger partial charge >= 0.3 is 0 Å². The zero-order valence-corrected chi connectivity index (χ0v) is 7.13. The first-order valence-corrected chi connectivity index (χ1v) is 5.18. The summed E-state index contributed by atoms with van der Waals surface area (Å²) >= 11 is 0. The third-order valence-corrected chi connectivity index (χ3v) is 2.88. The van der Waals surface area contributed by atoms with E-state index in [2.05, 4.69) is 4.74 Å². The van der Waals surface area contributed by atoms with E-state index in [4.69, 9.17) is 0 Å². The van der Waals surface area contributed by atoms with Gasteiger partial charge in [-0.2, -0.15) is 0 Å². The van der Waals surface area contributed by atoms with Gasteiger partial charge in [0, 0.05) is 5.25 Å². The number of carbonyl (C=O) groups excluding carboxylic acids is 1. The van der Waals surface area contributed by atoms with Crippen LogP contribution in [0, 0.1) is 0 Å². The number of rotatable bonds is 5. The molecule has 0 amide bonds. The topological polar surface area (TPSA) is 26.3 Å².